The van der Waals surface area contributed by atoms with Crippen molar-refractivity contribution < 1.29 is 5.11 Å². The topological polar surface area (TPSA) is 20.2 Å². The van der Waals surface area contributed by atoms with E-state index >= 15 is 0 Å². The van der Waals surface area contributed by atoms with E-state index in [1.54, 1.807) is 0 Å². The number of aliphatic hydroxyl groups is 1. The Kier molecular flexibility index (Phi) is 6.34. The first kappa shape index (κ1) is 18.0. The monoisotopic (exact) mass is 318 g/mol. The molecule has 24 heavy (non-hydrogen) atoms. The van der Waals surface area contributed by atoms with Gasteiger partial charge in [0.05, 0.1) is 0 Å². The van der Waals surface area contributed by atoms with Crippen LogP contribution in [-0.4, -0.2) is 5.11 Å². The van der Waals surface area contributed by atoms with Crippen molar-refractivity contribution in [3.8, 4) is 0 Å². The van der Waals surface area contributed by atoms with Crippen LogP contribution in [-0.2, 0) is 5.60 Å². The Morgan fingerprint density at radius 1 is 0.917 bits per heavy atom. The highest BCUT2D eigenvalue weighted by Crippen LogP contribution is 2.37. The minimum Gasteiger partial charge on any atom is -0.376 e. The van der Waals surface area contributed by atoms with Crippen LogP contribution >= 0.6 is 0 Å². The summed E-state index contributed by atoms with van der Waals surface area (Å²) in [6, 6.07) is 19.7. The molecule has 0 aliphatic carbocycles. The molecule has 0 unspecified atom stereocenters. The lowest BCUT2D eigenvalue weighted by atomic mass is 9.79. The SMILES string of the molecule is C\C=C/C(=C\C=C(/C)CC)C(O)(c1ccccc1)c1ccccc1. The van der Waals surface area contributed by atoms with E-state index in [0.717, 1.165) is 23.1 Å². The highest BCUT2D eigenvalue weighted by atomic mass is 16.3. The molecule has 0 aromatic heterocycles. The van der Waals surface area contributed by atoms with Crippen LogP contribution in [0.5, 0.6) is 0 Å². The third-order valence-corrected chi connectivity index (χ3v) is 4.25. The van der Waals surface area contributed by atoms with E-state index in [1.807, 2.05) is 85.8 Å². The van der Waals surface area contributed by atoms with Gasteiger partial charge in [-0.2, -0.15) is 0 Å². The maximum Gasteiger partial charge on any atom is 0.140 e. The smallest absolute Gasteiger partial charge is 0.140 e. The largest absolute Gasteiger partial charge is 0.376 e. The van der Waals surface area contributed by atoms with E-state index < -0.39 is 5.60 Å². The molecule has 2 rings (SSSR count). The molecule has 0 saturated heterocycles. The summed E-state index contributed by atoms with van der Waals surface area (Å²) in [6.07, 6.45) is 9.07. The molecule has 124 valence electrons. The Balaban J connectivity index is 2.69. The fourth-order valence-electron chi connectivity index (χ4n) is 2.68. The van der Waals surface area contributed by atoms with E-state index in [9.17, 15) is 5.11 Å². The average Bonchev–Trinajstić information content (AvgIpc) is 2.65. The van der Waals surface area contributed by atoms with Crippen molar-refractivity contribution >= 4 is 0 Å². The zero-order valence-electron chi connectivity index (χ0n) is 14.7. The van der Waals surface area contributed by atoms with Gasteiger partial charge in [0.1, 0.15) is 5.60 Å². The lowest BCUT2D eigenvalue weighted by molar-refractivity contribution is 0.125. The molecule has 0 saturated carbocycles. The molecule has 0 atom stereocenters. The summed E-state index contributed by atoms with van der Waals surface area (Å²) in [7, 11) is 0. The van der Waals surface area contributed by atoms with Crippen LogP contribution < -0.4 is 0 Å². The summed E-state index contributed by atoms with van der Waals surface area (Å²) in [6.45, 7) is 6.21. The van der Waals surface area contributed by atoms with Gasteiger partial charge in [0.25, 0.3) is 0 Å². The predicted molar refractivity (Wildman–Crippen MR) is 103 cm³/mol. The van der Waals surface area contributed by atoms with Crippen molar-refractivity contribution in [3.63, 3.8) is 0 Å². The maximum absolute atomic E-state index is 11.8. The first-order chi connectivity index (χ1) is 11.6. The van der Waals surface area contributed by atoms with Crippen LogP contribution in [0.4, 0.5) is 0 Å². The summed E-state index contributed by atoms with van der Waals surface area (Å²) < 4.78 is 0. The van der Waals surface area contributed by atoms with E-state index in [2.05, 4.69) is 19.9 Å². The normalized spacial score (nSPS) is 13.5. The second kappa shape index (κ2) is 8.47. The Labute approximate surface area is 145 Å². The van der Waals surface area contributed by atoms with E-state index in [4.69, 9.17) is 0 Å². The minimum atomic E-state index is -1.18. The quantitative estimate of drug-likeness (QED) is 0.669. The van der Waals surface area contributed by atoms with Crippen LogP contribution in [0.2, 0.25) is 0 Å². The fraction of sp³-hybridized carbons (Fsp3) is 0.217. The third-order valence-electron chi connectivity index (χ3n) is 4.25. The standard InChI is InChI=1S/C23H26O/c1-4-12-20(18-17-19(3)5-2)23(24,21-13-8-6-9-14-21)22-15-10-7-11-16-22/h4,6-18,24H,5H2,1-3H3/b12-4-,19-17+,20-18+. The molecule has 1 nitrogen and oxygen atoms in total. The van der Waals surface area contributed by atoms with Gasteiger partial charge in [-0.1, -0.05) is 97.5 Å². The summed E-state index contributed by atoms with van der Waals surface area (Å²) in [5.41, 5.74) is 2.68. The van der Waals surface area contributed by atoms with Gasteiger partial charge in [0.15, 0.2) is 0 Å². The van der Waals surface area contributed by atoms with E-state index in [1.165, 1.54) is 5.57 Å². The van der Waals surface area contributed by atoms with Crippen molar-refractivity contribution in [2.45, 2.75) is 32.8 Å². The van der Waals surface area contributed by atoms with Gasteiger partial charge in [-0.05, 0) is 37.0 Å². The van der Waals surface area contributed by atoms with Crippen molar-refractivity contribution in [1.82, 2.24) is 0 Å². The summed E-state index contributed by atoms with van der Waals surface area (Å²) in [5.74, 6) is 0. The summed E-state index contributed by atoms with van der Waals surface area (Å²) >= 11 is 0. The lowest BCUT2D eigenvalue weighted by Crippen LogP contribution is -2.29. The zero-order chi connectivity index (χ0) is 17.4. The molecule has 0 bridgehead atoms. The number of hydrogen-bond acceptors (Lipinski definition) is 1. The predicted octanol–water partition coefficient (Wildman–Crippen LogP) is 5.78. The number of rotatable bonds is 6. The van der Waals surface area contributed by atoms with Crippen LogP contribution in [0, 0.1) is 0 Å². The van der Waals surface area contributed by atoms with Crippen molar-refractivity contribution in [2.24, 2.45) is 0 Å². The van der Waals surface area contributed by atoms with Crippen molar-refractivity contribution in [2.75, 3.05) is 0 Å². The molecule has 0 spiro atoms. The molecule has 0 heterocycles. The van der Waals surface area contributed by atoms with Crippen LogP contribution in [0.15, 0.2) is 96.1 Å². The van der Waals surface area contributed by atoms with Crippen LogP contribution in [0.3, 0.4) is 0 Å². The molecule has 0 aliphatic heterocycles. The maximum atomic E-state index is 11.8. The minimum absolute atomic E-state index is 0.857. The Hall–Kier alpha value is -2.38. The molecule has 0 amide bonds. The Morgan fingerprint density at radius 2 is 1.42 bits per heavy atom. The van der Waals surface area contributed by atoms with Crippen molar-refractivity contribution in [3.05, 3.63) is 107 Å². The number of hydrogen-bond donors (Lipinski definition) is 1. The molecular formula is C23H26O. The van der Waals surface area contributed by atoms with Gasteiger partial charge < -0.3 is 5.11 Å². The molecule has 1 N–H and O–H groups in total. The van der Waals surface area contributed by atoms with Gasteiger partial charge in [-0.25, -0.2) is 0 Å². The molecule has 2 aromatic rings. The fourth-order valence-corrected chi connectivity index (χ4v) is 2.68. The lowest BCUT2D eigenvalue weighted by Gasteiger charge is -2.31. The average molecular weight is 318 g/mol. The first-order valence-electron chi connectivity index (χ1n) is 8.47. The molecule has 1 heteroatoms. The van der Waals surface area contributed by atoms with Gasteiger partial charge in [-0.3, -0.25) is 0 Å². The van der Waals surface area contributed by atoms with Crippen LogP contribution in [0.25, 0.3) is 0 Å². The molecule has 0 fully saturated rings. The molecular weight excluding hydrogens is 292 g/mol. The van der Waals surface area contributed by atoms with E-state index in [0.29, 0.717) is 0 Å². The molecule has 0 aliphatic rings. The summed E-state index contributed by atoms with van der Waals surface area (Å²) in [5, 5.41) is 11.8. The van der Waals surface area contributed by atoms with E-state index in [-0.39, 0.29) is 0 Å². The highest BCUT2D eigenvalue weighted by molar-refractivity contribution is 5.49. The summed E-state index contributed by atoms with van der Waals surface area (Å²) in [4.78, 5) is 0. The highest BCUT2D eigenvalue weighted by Gasteiger charge is 2.34. The second-order valence-corrected chi connectivity index (χ2v) is 5.93. The second-order valence-electron chi connectivity index (χ2n) is 5.93. The van der Waals surface area contributed by atoms with Gasteiger partial charge in [-0.15, -0.1) is 0 Å². The Morgan fingerprint density at radius 3 is 1.83 bits per heavy atom. The number of benzene rings is 2. The van der Waals surface area contributed by atoms with Crippen LogP contribution in [0.1, 0.15) is 38.3 Å². The molecule has 2 aromatic carbocycles. The van der Waals surface area contributed by atoms with Gasteiger partial charge in [0, 0.05) is 0 Å². The zero-order valence-corrected chi connectivity index (χ0v) is 14.7. The molecule has 0 radical (unpaired) electrons. The Bertz CT molecular complexity index is 682. The number of allylic oxidation sites excluding steroid dienone is 4. The van der Waals surface area contributed by atoms with Crippen molar-refractivity contribution in [1.29, 1.82) is 0 Å². The third kappa shape index (κ3) is 3.93. The van der Waals surface area contributed by atoms with Gasteiger partial charge in [0.2, 0.25) is 0 Å². The van der Waals surface area contributed by atoms with Gasteiger partial charge >= 0.3 is 0 Å². The first-order valence-corrected chi connectivity index (χ1v) is 8.47.